The molecule has 1 aliphatic heterocycles. The normalized spacial score (nSPS) is 12.7. The lowest BCUT2D eigenvalue weighted by Crippen LogP contribution is -2.42. The Morgan fingerprint density at radius 2 is 1.94 bits per heavy atom. The zero-order valence-electron chi connectivity index (χ0n) is 19.3. The molecule has 0 bridgehead atoms. The summed E-state index contributed by atoms with van der Waals surface area (Å²) in [5.74, 6) is -0.674. The number of anilines is 1. The van der Waals surface area contributed by atoms with Gasteiger partial charge in [-0.2, -0.15) is 0 Å². The number of carbonyl (C=O) groups is 2. The summed E-state index contributed by atoms with van der Waals surface area (Å²) in [7, 11) is 0. The Balaban J connectivity index is 1.72. The number of halogens is 2. The molecule has 1 aromatic heterocycles. The van der Waals surface area contributed by atoms with Crippen molar-refractivity contribution in [1.82, 2.24) is 14.5 Å². The molecule has 10 heteroatoms. The maximum Gasteiger partial charge on any atom is 0.410 e. The summed E-state index contributed by atoms with van der Waals surface area (Å²) in [6.45, 7) is 3.83. The van der Waals surface area contributed by atoms with Crippen molar-refractivity contribution in [3.8, 4) is 11.4 Å². The van der Waals surface area contributed by atoms with Gasteiger partial charge in [0.1, 0.15) is 18.2 Å². The number of hydrogen-bond acceptors (Lipinski definition) is 5. The van der Waals surface area contributed by atoms with Crippen molar-refractivity contribution >= 4 is 29.3 Å². The minimum absolute atomic E-state index is 0.104. The van der Waals surface area contributed by atoms with Crippen LogP contribution in [0.25, 0.3) is 11.4 Å². The topological polar surface area (TPSA) is 93.5 Å². The molecule has 3 aromatic rings. The standard InChI is InChI=1S/C25H24ClFN4O4/c1-3-35-25(34)30-12-11-18-21(13-30)29-23(16-7-9-17(27)10-8-16)31(24(18)33)14-22(32)28-20-6-4-5-19(26)15(20)2/h4-10H,3,11-14H2,1-2H3,(H,28,32). The molecule has 0 radical (unpaired) electrons. The van der Waals surface area contributed by atoms with Crippen LogP contribution < -0.4 is 10.9 Å². The van der Waals surface area contributed by atoms with Crippen molar-refractivity contribution in [2.45, 2.75) is 33.4 Å². The van der Waals surface area contributed by atoms with Crippen LogP contribution in [-0.2, 0) is 29.0 Å². The van der Waals surface area contributed by atoms with E-state index >= 15 is 0 Å². The summed E-state index contributed by atoms with van der Waals surface area (Å²) in [6, 6.07) is 10.7. The van der Waals surface area contributed by atoms with Crippen molar-refractivity contribution in [2.24, 2.45) is 0 Å². The molecule has 2 heterocycles. The highest BCUT2D eigenvalue weighted by Crippen LogP contribution is 2.24. The highest BCUT2D eigenvalue weighted by atomic mass is 35.5. The van der Waals surface area contributed by atoms with Crippen LogP contribution in [0.2, 0.25) is 5.02 Å². The third kappa shape index (κ3) is 5.19. The number of nitrogens with one attached hydrogen (secondary N) is 1. The fourth-order valence-corrected chi connectivity index (χ4v) is 4.11. The Morgan fingerprint density at radius 3 is 2.66 bits per heavy atom. The van der Waals surface area contributed by atoms with Gasteiger partial charge < -0.3 is 15.0 Å². The Kier molecular flexibility index (Phi) is 7.16. The van der Waals surface area contributed by atoms with E-state index in [2.05, 4.69) is 10.3 Å². The molecule has 0 atom stereocenters. The third-order valence-corrected chi connectivity index (χ3v) is 6.20. The summed E-state index contributed by atoms with van der Waals surface area (Å²) < 4.78 is 19.9. The van der Waals surface area contributed by atoms with Gasteiger partial charge in [0, 0.05) is 28.4 Å². The second-order valence-electron chi connectivity index (χ2n) is 8.09. The SMILES string of the molecule is CCOC(=O)N1CCc2c(nc(-c3ccc(F)cc3)n(CC(=O)Nc3cccc(Cl)c3C)c2=O)C1. The van der Waals surface area contributed by atoms with Crippen molar-refractivity contribution < 1.29 is 18.7 Å². The molecule has 182 valence electrons. The molecule has 2 amide bonds. The zero-order chi connectivity index (χ0) is 25.1. The molecule has 2 aromatic carbocycles. The largest absolute Gasteiger partial charge is 0.450 e. The van der Waals surface area contributed by atoms with Crippen molar-refractivity contribution in [3.63, 3.8) is 0 Å². The molecule has 1 aliphatic rings. The molecule has 0 unspecified atom stereocenters. The van der Waals surface area contributed by atoms with Gasteiger partial charge in [-0.15, -0.1) is 0 Å². The molecule has 0 aliphatic carbocycles. The van der Waals surface area contributed by atoms with Crippen molar-refractivity contribution in [1.29, 1.82) is 0 Å². The maximum atomic E-state index is 13.6. The molecule has 4 rings (SSSR count). The highest BCUT2D eigenvalue weighted by Gasteiger charge is 2.27. The van der Waals surface area contributed by atoms with Gasteiger partial charge in [0.05, 0.1) is 18.8 Å². The fraction of sp³-hybridized carbons (Fsp3) is 0.280. The highest BCUT2D eigenvalue weighted by molar-refractivity contribution is 6.31. The first kappa shape index (κ1) is 24.4. The number of hydrogen-bond donors (Lipinski definition) is 1. The van der Waals surface area contributed by atoms with Crippen molar-refractivity contribution in [3.05, 3.63) is 80.5 Å². The molecular weight excluding hydrogens is 475 g/mol. The number of fused-ring (bicyclic) bond motifs is 1. The van der Waals surface area contributed by atoms with Crippen LogP contribution in [-0.4, -0.2) is 39.6 Å². The molecule has 0 saturated heterocycles. The number of benzene rings is 2. The number of ether oxygens (including phenoxy) is 1. The van der Waals surface area contributed by atoms with Gasteiger partial charge in [-0.25, -0.2) is 14.2 Å². The summed E-state index contributed by atoms with van der Waals surface area (Å²) in [6.07, 6.45) is -0.206. The second-order valence-corrected chi connectivity index (χ2v) is 8.50. The predicted octanol–water partition coefficient (Wildman–Crippen LogP) is 4.16. The zero-order valence-corrected chi connectivity index (χ0v) is 20.1. The van der Waals surface area contributed by atoms with E-state index in [0.717, 1.165) is 0 Å². The smallest absolute Gasteiger partial charge is 0.410 e. The van der Waals surface area contributed by atoms with Crippen LogP contribution in [0.5, 0.6) is 0 Å². The summed E-state index contributed by atoms with van der Waals surface area (Å²) in [4.78, 5) is 44.8. The Bertz CT molecular complexity index is 1340. The van der Waals surface area contributed by atoms with E-state index in [1.807, 2.05) is 0 Å². The Hall–Kier alpha value is -3.72. The van der Waals surface area contributed by atoms with Crippen LogP contribution in [0.15, 0.2) is 47.3 Å². The van der Waals surface area contributed by atoms with Crippen LogP contribution in [0, 0.1) is 12.7 Å². The molecule has 8 nitrogen and oxygen atoms in total. The first-order valence-electron chi connectivity index (χ1n) is 11.1. The van der Waals surface area contributed by atoms with E-state index in [4.69, 9.17) is 16.3 Å². The molecule has 35 heavy (non-hydrogen) atoms. The van der Waals surface area contributed by atoms with E-state index in [1.54, 1.807) is 32.0 Å². The summed E-state index contributed by atoms with van der Waals surface area (Å²) in [5.41, 5.74) is 2.19. The van der Waals surface area contributed by atoms with Gasteiger partial charge in [0.25, 0.3) is 5.56 Å². The minimum atomic E-state index is -0.483. The van der Waals surface area contributed by atoms with E-state index in [-0.39, 0.29) is 37.5 Å². The Labute approximate surface area is 206 Å². The van der Waals surface area contributed by atoms with Gasteiger partial charge in [-0.1, -0.05) is 17.7 Å². The number of amides is 2. The van der Waals surface area contributed by atoms with Crippen molar-refractivity contribution in [2.75, 3.05) is 18.5 Å². The molecule has 1 N–H and O–H groups in total. The lowest BCUT2D eigenvalue weighted by molar-refractivity contribution is -0.116. The number of rotatable bonds is 5. The maximum absolute atomic E-state index is 13.6. The Morgan fingerprint density at radius 1 is 1.20 bits per heavy atom. The molecular formula is C25H24ClFN4O4. The lowest BCUT2D eigenvalue weighted by Gasteiger charge is -2.28. The van der Waals surface area contributed by atoms with Gasteiger partial charge in [-0.3, -0.25) is 14.2 Å². The van der Waals surface area contributed by atoms with Crippen LogP contribution in [0.4, 0.5) is 14.9 Å². The van der Waals surface area contributed by atoms with E-state index in [1.165, 1.54) is 33.7 Å². The first-order valence-corrected chi connectivity index (χ1v) is 11.5. The average molecular weight is 499 g/mol. The monoisotopic (exact) mass is 498 g/mol. The van der Waals surface area contributed by atoms with E-state index < -0.39 is 17.8 Å². The predicted molar refractivity (Wildman–Crippen MR) is 130 cm³/mol. The number of carbonyl (C=O) groups excluding carboxylic acids is 2. The van der Waals surface area contributed by atoms with Gasteiger partial charge in [0.2, 0.25) is 5.91 Å². The number of aromatic nitrogens is 2. The van der Waals surface area contributed by atoms with Crippen LogP contribution in [0.3, 0.4) is 0 Å². The molecule has 0 saturated carbocycles. The molecule has 0 fully saturated rings. The second kappa shape index (κ2) is 10.3. The van der Waals surface area contributed by atoms with E-state index in [9.17, 15) is 18.8 Å². The van der Waals surface area contributed by atoms with Crippen LogP contribution in [0.1, 0.15) is 23.7 Å². The average Bonchev–Trinajstić information content (AvgIpc) is 2.84. The fourth-order valence-electron chi connectivity index (χ4n) is 3.94. The third-order valence-electron chi connectivity index (χ3n) is 5.79. The van der Waals surface area contributed by atoms with Gasteiger partial charge in [-0.05, 0) is 62.2 Å². The first-order chi connectivity index (χ1) is 16.8. The molecule has 0 spiro atoms. The van der Waals surface area contributed by atoms with E-state index in [0.29, 0.717) is 39.6 Å². The quantitative estimate of drug-likeness (QED) is 0.570. The van der Waals surface area contributed by atoms with Gasteiger partial charge in [0.15, 0.2) is 0 Å². The lowest BCUT2D eigenvalue weighted by atomic mass is 10.1. The summed E-state index contributed by atoms with van der Waals surface area (Å²) in [5, 5.41) is 3.30. The van der Waals surface area contributed by atoms with Gasteiger partial charge >= 0.3 is 6.09 Å². The number of nitrogens with zero attached hydrogens (tertiary/aromatic N) is 3. The summed E-state index contributed by atoms with van der Waals surface area (Å²) >= 11 is 6.15. The minimum Gasteiger partial charge on any atom is -0.450 e. The van der Waals surface area contributed by atoms with Crippen LogP contribution >= 0.6 is 11.6 Å².